The van der Waals surface area contributed by atoms with Crippen molar-refractivity contribution in [2.75, 3.05) is 26.2 Å². The van der Waals surface area contributed by atoms with Crippen LogP contribution in [0.1, 0.15) is 40.5 Å². The Kier molecular flexibility index (Phi) is 6.59. The van der Waals surface area contributed by atoms with Crippen molar-refractivity contribution in [3.05, 3.63) is 33.8 Å². The molecule has 0 radical (unpaired) electrons. The summed E-state index contributed by atoms with van der Waals surface area (Å²) < 4.78 is 0.771. The number of rotatable bonds is 4. The fourth-order valence-electron chi connectivity index (χ4n) is 3.17. The van der Waals surface area contributed by atoms with E-state index in [1.165, 1.54) is 4.90 Å². The van der Waals surface area contributed by atoms with Crippen LogP contribution in [0.3, 0.4) is 0 Å². The number of nitrogens with one attached hydrogen (secondary N) is 1. The molecule has 0 saturated carbocycles. The molecule has 1 saturated heterocycles. The second-order valence-electron chi connectivity index (χ2n) is 6.25. The average molecular weight is 431 g/mol. The van der Waals surface area contributed by atoms with Gasteiger partial charge in [0.05, 0.1) is 11.1 Å². The van der Waals surface area contributed by atoms with Crippen molar-refractivity contribution in [1.29, 1.82) is 0 Å². The van der Waals surface area contributed by atoms with Crippen LogP contribution in [-0.2, 0) is 4.79 Å². The Balaban J connectivity index is 0.00000225. The van der Waals surface area contributed by atoms with Gasteiger partial charge < -0.3 is 10.2 Å². The first-order chi connectivity index (χ1) is 11.5. The first kappa shape index (κ1) is 19.9. The van der Waals surface area contributed by atoms with Gasteiger partial charge >= 0.3 is 0 Å². The maximum absolute atomic E-state index is 12.4. The summed E-state index contributed by atoms with van der Waals surface area (Å²) in [6.45, 7) is 4.55. The minimum Gasteiger partial charge on any atom is -0.340 e. The van der Waals surface area contributed by atoms with Gasteiger partial charge in [0, 0.05) is 43.1 Å². The van der Waals surface area contributed by atoms with Crippen LogP contribution in [0.2, 0.25) is 0 Å². The Hall–Kier alpha value is -1.44. The Bertz CT molecular complexity index is 698. The lowest BCUT2D eigenvalue weighted by Gasteiger charge is -2.32. The Labute approximate surface area is 161 Å². The quantitative estimate of drug-likeness (QED) is 0.743. The third kappa shape index (κ3) is 4.22. The summed E-state index contributed by atoms with van der Waals surface area (Å²) in [6.07, 6.45) is 0.841. The molecule has 2 aliphatic heterocycles. The number of hydrogen-bond donors (Lipinski definition) is 1. The van der Waals surface area contributed by atoms with E-state index >= 15 is 0 Å². The largest absolute Gasteiger partial charge is 0.340 e. The minimum atomic E-state index is -0.278. The zero-order valence-electron chi connectivity index (χ0n) is 14.0. The molecule has 0 spiro atoms. The lowest BCUT2D eigenvalue weighted by atomic mass is 10.1. The van der Waals surface area contributed by atoms with Crippen molar-refractivity contribution >= 4 is 46.1 Å². The van der Waals surface area contributed by atoms with Crippen LogP contribution in [0.15, 0.2) is 22.7 Å². The number of amides is 3. The minimum absolute atomic E-state index is 0. The fourth-order valence-corrected chi connectivity index (χ4v) is 3.53. The number of imide groups is 1. The zero-order valence-corrected chi connectivity index (χ0v) is 16.4. The third-order valence-corrected chi connectivity index (χ3v) is 4.92. The SMILES string of the molecule is CC1CN(C(=O)CCCN2C(=O)c3ccc(Br)cc3C2=O)CCN1.Cl. The Morgan fingerprint density at radius 1 is 1.28 bits per heavy atom. The topological polar surface area (TPSA) is 69.7 Å². The van der Waals surface area contributed by atoms with E-state index in [1.54, 1.807) is 18.2 Å². The molecule has 1 fully saturated rings. The van der Waals surface area contributed by atoms with E-state index < -0.39 is 0 Å². The molecule has 3 rings (SSSR count). The van der Waals surface area contributed by atoms with Crippen LogP contribution in [0.4, 0.5) is 0 Å². The lowest BCUT2D eigenvalue weighted by molar-refractivity contribution is -0.132. The van der Waals surface area contributed by atoms with E-state index in [2.05, 4.69) is 28.2 Å². The highest BCUT2D eigenvalue weighted by molar-refractivity contribution is 9.10. The van der Waals surface area contributed by atoms with Crippen LogP contribution in [0.25, 0.3) is 0 Å². The van der Waals surface area contributed by atoms with Crippen LogP contribution >= 0.6 is 28.3 Å². The molecule has 2 heterocycles. The number of fused-ring (bicyclic) bond motifs is 1. The van der Waals surface area contributed by atoms with Crippen LogP contribution in [0.5, 0.6) is 0 Å². The lowest BCUT2D eigenvalue weighted by Crippen LogP contribution is -2.51. The number of hydrogen-bond acceptors (Lipinski definition) is 4. The van der Waals surface area contributed by atoms with Crippen LogP contribution in [-0.4, -0.2) is 59.7 Å². The summed E-state index contributed by atoms with van der Waals surface area (Å²) in [5.41, 5.74) is 0.863. The van der Waals surface area contributed by atoms with E-state index in [0.717, 1.165) is 11.0 Å². The van der Waals surface area contributed by atoms with Gasteiger partial charge in [0.2, 0.25) is 5.91 Å². The maximum atomic E-state index is 12.4. The van der Waals surface area contributed by atoms with Crippen LogP contribution in [0, 0.1) is 0 Å². The number of halogens is 2. The van der Waals surface area contributed by atoms with Crippen molar-refractivity contribution in [2.45, 2.75) is 25.8 Å². The molecule has 0 bridgehead atoms. The van der Waals surface area contributed by atoms with Crippen molar-refractivity contribution in [2.24, 2.45) is 0 Å². The molecule has 1 N–H and O–H groups in total. The molecule has 136 valence electrons. The number of carbonyl (C=O) groups is 3. The molecular formula is C17H21BrClN3O3. The van der Waals surface area contributed by atoms with Crippen molar-refractivity contribution in [3.63, 3.8) is 0 Å². The van der Waals surface area contributed by atoms with Gasteiger partial charge in [-0.1, -0.05) is 15.9 Å². The summed E-state index contributed by atoms with van der Waals surface area (Å²) in [7, 11) is 0. The Morgan fingerprint density at radius 2 is 2.00 bits per heavy atom. The van der Waals surface area contributed by atoms with E-state index in [0.29, 0.717) is 43.1 Å². The zero-order chi connectivity index (χ0) is 17.3. The molecule has 1 unspecified atom stereocenters. The molecule has 3 amide bonds. The van der Waals surface area contributed by atoms with E-state index in [1.807, 2.05) is 4.90 Å². The first-order valence-electron chi connectivity index (χ1n) is 8.14. The van der Waals surface area contributed by atoms with Gasteiger partial charge in [0.25, 0.3) is 11.8 Å². The summed E-state index contributed by atoms with van der Waals surface area (Å²) in [5.74, 6) is -0.465. The van der Waals surface area contributed by atoms with Gasteiger partial charge in [-0.15, -0.1) is 12.4 Å². The highest BCUT2D eigenvalue weighted by Gasteiger charge is 2.35. The standard InChI is InChI=1S/C17H20BrN3O3.ClH/c1-11-10-20(8-6-19-11)15(22)3-2-7-21-16(23)13-5-4-12(18)9-14(13)17(21)24;/h4-5,9,11,19H,2-3,6-8,10H2,1H3;1H. The second-order valence-corrected chi connectivity index (χ2v) is 7.17. The summed E-state index contributed by atoms with van der Waals surface area (Å²) in [4.78, 5) is 40.0. The molecule has 1 atom stereocenters. The normalized spacial score (nSPS) is 19.7. The van der Waals surface area contributed by atoms with Crippen LogP contribution < -0.4 is 5.32 Å². The molecule has 6 nitrogen and oxygen atoms in total. The van der Waals surface area contributed by atoms with Gasteiger partial charge in [-0.2, -0.15) is 0 Å². The number of benzene rings is 1. The number of piperazine rings is 1. The molecule has 2 aliphatic rings. The highest BCUT2D eigenvalue weighted by Crippen LogP contribution is 2.26. The van der Waals surface area contributed by atoms with E-state index in [9.17, 15) is 14.4 Å². The predicted octanol–water partition coefficient (Wildman–Crippen LogP) is 2.07. The smallest absolute Gasteiger partial charge is 0.261 e. The molecule has 25 heavy (non-hydrogen) atoms. The van der Waals surface area contributed by atoms with Gasteiger partial charge in [-0.05, 0) is 31.5 Å². The fraction of sp³-hybridized carbons (Fsp3) is 0.471. The monoisotopic (exact) mass is 429 g/mol. The highest BCUT2D eigenvalue weighted by atomic mass is 79.9. The molecule has 1 aromatic rings. The van der Waals surface area contributed by atoms with Crippen molar-refractivity contribution in [1.82, 2.24) is 15.1 Å². The summed E-state index contributed by atoms with van der Waals surface area (Å²) in [6, 6.07) is 5.38. The molecule has 0 aromatic heterocycles. The molecule has 1 aromatic carbocycles. The van der Waals surface area contributed by atoms with E-state index in [4.69, 9.17) is 0 Å². The number of carbonyl (C=O) groups excluding carboxylic acids is 3. The second kappa shape index (κ2) is 8.29. The van der Waals surface area contributed by atoms with Crippen molar-refractivity contribution < 1.29 is 14.4 Å². The number of nitrogens with zero attached hydrogens (tertiary/aromatic N) is 2. The van der Waals surface area contributed by atoms with Gasteiger partial charge in [-0.3, -0.25) is 19.3 Å². The molecule has 8 heteroatoms. The van der Waals surface area contributed by atoms with E-state index in [-0.39, 0.29) is 36.7 Å². The van der Waals surface area contributed by atoms with Gasteiger partial charge in [-0.25, -0.2) is 0 Å². The van der Waals surface area contributed by atoms with Gasteiger partial charge in [0.1, 0.15) is 0 Å². The maximum Gasteiger partial charge on any atom is 0.261 e. The molecule has 0 aliphatic carbocycles. The third-order valence-electron chi connectivity index (χ3n) is 4.43. The predicted molar refractivity (Wildman–Crippen MR) is 100 cm³/mol. The van der Waals surface area contributed by atoms with Crippen molar-refractivity contribution in [3.8, 4) is 0 Å². The molecular weight excluding hydrogens is 410 g/mol. The Morgan fingerprint density at radius 3 is 2.72 bits per heavy atom. The average Bonchev–Trinajstić information content (AvgIpc) is 2.79. The first-order valence-corrected chi connectivity index (χ1v) is 8.93. The summed E-state index contributed by atoms with van der Waals surface area (Å²) >= 11 is 3.32. The summed E-state index contributed by atoms with van der Waals surface area (Å²) in [5, 5.41) is 3.30. The van der Waals surface area contributed by atoms with Gasteiger partial charge in [0.15, 0.2) is 0 Å².